The van der Waals surface area contributed by atoms with Crippen LogP contribution in [0.1, 0.15) is 6.42 Å². The molecule has 3 heterocycles. The quantitative estimate of drug-likeness (QED) is 0.356. The Kier molecular flexibility index (Phi) is 1.03. The van der Waals surface area contributed by atoms with Crippen LogP contribution in [-0.2, 0) is 14.3 Å². The van der Waals surface area contributed by atoms with Gasteiger partial charge in [-0.2, -0.15) is 0 Å². The first kappa shape index (κ1) is 6.60. The zero-order valence-electron chi connectivity index (χ0n) is 6.53. The van der Waals surface area contributed by atoms with Crippen molar-refractivity contribution in [3.63, 3.8) is 0 Å². The van der Waals surface area contributed by atoms with Crippen molar-refractivity contribution >= 4 is 11.9 Å². The number of fused-ring (bicyclic) bond motifs is 5. The van der Waals surface area contributed by atoms with E-state index in [2.05, 4.69) is 9.64 Å². The van der Waals surface area contributed by atoms with E-state index in [9.17, 15) is 9.59 Å². The predicted octanol–water partition coefficient (Wildman–Crippen LogP) is -0.610. The minimum absolute atomic E-state index is 0.133. The van der Waals surface area contributed by atoms with Gasteiger partial charge in [0.25, 0.3) is 0 Å². The lowest BCUT2D eigenvalue weighted by atomic mass is 9.88. The molecule has 3 aliphatic rings. The van der Waals surface area contributed by atoms with Crippen LogP contribution in [0.3, 0.4) is 0 Å². The Labute approximate surface area is 69.5 Å². The molecule has 4 unspecified atom stereocenters. The van der Waals surface area contributed by atoms with E-state index >= 15 is 0 Å². The summed E-state index contributed by atoms with van der Waals surface area (Å²) in [6.07, 6.45) is 1.05. The molecule has 3 aliphatic heterocycles. The smallest absolute Gasteiger partial charge is 0.331 e. The van der Waals surface area contributed by atoms with Crippen LogP contribution in [0.15, 0.2) is 0 Å². The zero-order chi connectivity index (χ0) is 8.29. The Bertz CT molecular complexity index is 249. The first-order chi connectivity index (χ1) is 5.77. The Morgan fingerprint density at radius 3 is 2.92 bits per heavy atom. The van der Waals surface area contributed by atoms with E-state index in [1.54, 1.807) is 0 Å². The van der Waals surface area contributed by atoms with Crippen LogP contribution in [0, 0.1) is 11.8 Å². The molecule has 0 spiro atoms. The third kappa shape index (κ3) is 0.579. The molecule has 0 aromatic heterocycles. The Hall–Kier alpha value is -0.900. The highest BCUT2D eigenvalue weighted by atomic mass is 16.6. The molecule has 2 bridgehead atoms. The van der Waals surface area contributed by atoms with Crippen LogP contribution in [0.5, 0.6) is 0 Å². The highest BCUT2D eigenvalue weighted by molar-refractivity contribution is 5.99. The molecule has 3 rings (SSSR count). The molecular formula is C8H9NO3. The number of cyclic esters (lactones) is 2. The first-order valence-corrected chi connectivity index (χ1v) is 4.27. The lowest BCUT2D eigenvalue weighted by Gasteiger charge is -2.20. The molecule has 3 saturated heterocycles. The Balaban J connectivity index is 2.03. The number of esters is 2. The fourth-order valence-corrected chi connectivity index (χ4v) is 2.69. The summed E-state index contributed by atoms with van der Waals surface area (Å²) in [5.41, 5.74) is 0. The molecule has 0 saturated carbocycles. The van der Waals surface area contributed by atoms with E-state index in [-0.39, 0.29) is 23.9 Å². The molecule has 0 amide bonds. The molecule has 3 fully saturated rings. The molecular weight excluding hydrogens is 158 g/mol. The van der Waals surface area contributed by atoms with E-state index < -0.39 is 0 Å². The number of hydrogen-bond acceptors (Lipinski definition) is 4. The summed E-state index contributed by atoms with van der Waals surface area (Å²) in [5, 5.41) is 0. The third-order valence-corrected chi connectivity index (χ3v) is 3.21. The number of carbonyl (C=O) groups is 2. The Morgan fingerprint density at radius 1 is 1.33 bits per heavy atom. The van der Waals surface area contributed by atoms with Gasteiger partial charge in [-0.25, -0.2) is 4.79 Å². The molecule has 4 heteroatoms. The minimum atomic E-state index is -0.327. The van der Waals surface area contributed by atoms with Gasteiger partial charge in [-0.15, -0.1) is 0 Å². The first-order valence-electron chi connectivity index (χ1n) is 4.27. The van der Waals surface area contributed by atoms with Gasteiger partial charge in [0, 0.05) is 6.54 Å². The van der Waals surface area contributed by atoms with Crippen molar-refractivity contribution in [2.24, 2.45) is 11.8 Å². The maximum Gasteiger partial charge on any atom is 0.331 e. The predicted molar refractivity (Wildman–Crippen MR) is 38.1 cm³/mol. The van der Waals surface area contributed by atoms with Crippen molar-refractivity contribution in [2.45, 2.75) is 12.5 Å². The molecule has 4 nitrogen and oxygen atoms in total. The van der Waals surface area contributed by atoms with Crippen molar-refractivity contribution in [2.75, 3.05) is 13.1 Å². The van der Waals surface area contributed by atoms with Gasteiger partial charge < -0.3 is 4.74 Å². The van der Waals surface area contributed by atoms with E-state index in [4.69, 9.17) is 0 Å². The van der Waals surface area contributed by atoms with Gasteiger partial charge in [0.2, 0.25) is 0 Å². The van der Waals surface area contributed by atoms with Crippen LogP contribution >= 0.6 is 0 Å². The average Bonchev–Trinajstić information content (AvgIpc) is 2.64. The highest BCUT2D eigenvalue weighted by Crippen LogP contribution is 2.42. The van der Waals surface area contributed by atoms with Crippen LogP contribution in [0.4, 0.5) is 0 Å². The summed E-state index contributed by atoms with van der Waals surface area (Å²) < 4.78 is 4.59. The molecule has 64 valence electrons. The second kappa shape index (κ2) is 1.88. The van der Waals surface area contributed by atoms with E-state index in [1.807, 2.05) is 0 Å². The maximum absolute atomic E-state index is 11.2. The number of ether oxygens (including phenoxy) is 1. The van der Waals surface area contributed by atoms with Crippen LogP contribution < -0.4 is 0 Å². The van der Waals surface area contributed by atoms with Gasteiger partial charge in [-0.3, -0.25) is 9.69 Å². The lowest BCUT2D eigenvalue weighted by molar-refractivity contribution is -0.154. The van der Waals surface area contributed by atoms with Gasteiger partial charge >= 0.3 is 11.9 Å². The second-order valence-corrected chi connectivity index (χ2v) is 3.75. The molecule has 0 aromatic carbocycles. The summed E-state index contributed by atoms with van der Waals surface area (Å²) >= 11 is 0. The summed E-state index contributed by atoms with van der Waals surface area (Å²) in [6, 6.07) is -0.226. The number of hydrogen-bond donors (Lipinski definition) is 0. The van der Waals surface area contributed by atoms with Crippen molar-refractivity contribution < 1.29 is 14.3 Å². The average molecular weight is 167 g/mol. The van der Waals surface area contributed by atoms with Crippen LogP contribution in [0.25, 0.3) is 0 Å². The number of nitrogens with zero attached hydrogens (tertiary/aromatic N) is 1. The normalized spacial score (nSPS) is 49.7. The summed E-state index contributed by atoms with van der Waals surface area (Å²) in [5.74, 6) is -0.371. The van der Waals surface area contributed by atoms with Gasteiger partial charge in [-0.05, 0) is 18.9 Å². The molecule has 0 N–H and O–H groups in total. The fraction of sp³-hybridized carbons (Fsp3) is 0.750. The summed E-state index contributed by atoms with van der Waals surface area (Å²) in [6.45, 7) is 1.87. The van der Waals surface area contributed by atoms with Gasteiger partial charge in [0.1, 0.15) is 6.04 Å². The van der Waals surface area contributed by atoms with E-state index in [0.717, 1.165) is 19.5 Å². The lowest BCUT2D eigenvalue weighted by Crippen LogP contribution is -2.38. The van der Waals surface area contributed by atoms with Crippen molar-refractivity contribution in [3.05, 3.63) is 0 Å². The minimum Gasteiger partial charge on any atom is -0.392 e. The monoisotopic (exact) mass is 167 g/mol. The van der Waals surface area contributed by atoms with Gasteiger partial charge in [-0.1, -0.05) is 0 Å². The largest absolute Gasteiger partial charge is 0.392 e. The van der Waals surface area contributed by atoms with E-state index in [0.29, 0.717) is 5.92 Å². The Morgan fingerprint density at radius 2 is 2.17 bits per heavy atom. The molecule has 0 aromatic rings. The highest BCUT2D eigenvalue weighted by Gasteiger charge is 2.58. The summed E-state index contributed by atoms with van der Waals surface area (Å²) in [7, 11) is 0. The number of rotatable bonds is 0. The van der Waals surface area contributed by atoms with Gasteiger partial charge in [0.15, 0.2) is 0 Å². The molecule has 0 aliphatic carbocycles. The molecule has 12 heavy (non-hydrogen) atoms. The van der Waals surface area contributed by atoms with Gasteiger partial charge in [0.05, 0.1) is 5.92 Å². The molecule has 0 radical (unpaired) electrons. The topological polar surface area (TPSA) is 46.6 Å². The SMILES string of the molecule is O=C1OC(=O)C2C1C1CCN2C1. The number of piperidine rings is 1. The van der Waals surface area contributed by atoms with Crippen molar-refractivity contribution in [1.82, 2.24) is 4.90 Å². The number of carbonyl (C=O) groups excluding carboxylic acids is 2. The zero-order valence-corrected chi connectivity index (χ0v) is 6.53. The molecule has 4 atom stereocenters. The summed E-state index contributed by atoms with van der Waals surface area (Å²) in [4.78, 5) is 24.4. The standard InChI is InChI=1S/C8H9NO3/c10-7-5-4-1-2-9(3-4)6(5)8(11)12-7/h4-6H,1-3H2. The van der Waals surface area contributed by atoms with Crippen molar-refractivity contribution in [1.29, 1.82) is 0 Å². The van der Waals surface area contributed by atoms with E-state index in [1.165, 1.54) is 0 Å². The van der Waals surface area contributed by atoms with Crippen LogP contribution in [0.2, 0.25) is 0 Å². The maximum atomic E-state index is 11.2. The van der Waals surface area contributed by atoms with Crippen LogP contribution in [-0.4, -0.2) is 36.0 Å². The van der Waals surface area contributed by atoms with Crippen molar-refractivity contribution in [3.8, 4) is 0 Å². The third-order valence-electron chi connectivity index (χ3n) is 3.21. The fourth-order valence-electron chi connectivity index (χ4n) is 2.69. The second-order valence-electron chi connectivity index (χ2n) is 3.75.